The maximum atomic E-state index is 9.10. The molecule has 0 aliphatic carbocycles. The summed E-state index contributed by atoms with van der Waals surface area (Å²) in [6.45, 7) is 3.10. The molecule has 0 atom stereocenters. The molecule has 0 aliphatic rings. The van der Waals surface area contributed by atoms with Gasteiger partial charge in [0.05, 0.1) is 11.2 Å². The second-order valence-corrected chi connectivity index (χ2v) is 3.76. The zero-order valence-electron chi connectivity index (χ0n) is 9.06. The number of aromatic nitrogens is 1. The van der Waals surface area contributed by atoms with Crippen LogP contribution in [-0.4, -0.2) is 40.7 Å². The van der Waals surface area contributed by atoms with Crippen LogP contribution < -0.4 is 5.32 Å². The topological polar surface area (TPSA) is 99.5 Å². The summed E-state index contributed by atoms with van der Waals surface area (Å²) in [6, 6.07) is 0. The summed E-state index contributed by atoms with van der Waals surface area (Å²) in [4.78, 5) is 23.8. The molecule has 16 heavy (non-hydrogen) atoms. The van der Waals surface area contributed by atoms with Gasteiger partial charge in [0.1, 0.15) is 0 Å². The van der Waals surface area contributed by atoms with Gasteiger partial charge in [-0.2, -0.15) is 0 Å². The molecule has 7 heteroatoms. The summed E-state index contributed by atoms with van der Waals surface area (Å²) in [5.41, 5.74) is 3.08. The fourth-order valence-corrected chi connectivity index (χ4v) is 1.59. The van der Waals surface area contributed by atoms with Gasteiger partial charge in [0, 0.05) is 4.88 Å². The quantitative estimate of drug-likeness (QED) is 0.666. The average molecular weight is 246 g/mol. The molecule has 0 fully saturated rings. The highest BCUT2D eigenvalue weighted by atomic mass is 32.1. The predicted octanol–water partition coefficient (Wildman–Crippen LogP) is 0.369. The number of hydrogen-bond donors (Lipinski definition) is 3. The normalized spacial score (nSPS) is 9.12. The van der Waals surface area contributed by atoms with Crippen molar-refractivity contribution in [3.8, 4) is 0 Å². The molecule has 0 bridgehead atoms. The third-order valence-electron chi connectivity index (χ3n) is 1.63. The first-order valence-corrected chi connectivity index (χ1v) is 5.36. The molecule has 1 heterocycles. The van der Waals surface area contributed by atoms with E-state index < -0.39 is 11.9 Å². The Morgan fingerprint density at radius 2 is 2.00 bits per heavy atom. The van der Waals surface area contributed by atoms with Gasteiger partial charge in [-0.1, -0.05) is 0 Å². The van der Waals surface area contributed by atoms with Crippen LogP contribution in [0.1, 0.15) is 10.6 Å². The van der Waals surface area contributed by atoms with Gasteiger partial charge in [-0.15, -0.1) is 11.3 Å². The van der Waals surface area contributed by atoms with Crippen LogP contribution >= 0.6 is 11.3 Å². The number of aryl methyl sites for hydroxylation is 1. The van der Waals surface area contributed by atoms with Crippen molar-refractivity contribution in [2.45, 2.75) is 13.3 Å². The van der Waals surface area contributed by atoms with Crippen molar-refractivity contribution in [3.63, 3.8) is 0 Å². The molecule has 1 aromatic rings. The standard InChI is InChI=1S/C7H12N2S.C2H2O4/c1-6-7(3-4-8-2)10-5-9-6;3-1(4)2(5)6/h5,8H,3-4H2,1-2H3;(H,3,4)(H,5,6). The van der Waals surface area contributed by atoms with Crippen LogP contribution in [0.15, 0.2) is 5.51 Å². The highest BCUT2D eigenvalue weighted by Crippen LogP contribution is 2.11. The fraction of sp³-hybridized carbons (Fsp3) is 0.444. The monoisotopic (exact) mass is 246 g/mol. The van der Waals surface area contributed by atoms with E-state index in [1.54, 1.807) is 11.3 Å². The first-order chi connectivity index (χ1) is 7.49. The summed E-state index contributed by atoms with van der Waals surface area (Å²) in [5, 5.41) is 17.9. The number of hydrogen-bond acceptors (Lipinski definition) is 5. The summed E-state index contributed by atoms with van der Waals surface area (Å²) < 4.78 is 0. The summed E-state index contributed by atoms with van der Waals surface area (Å²) in [7, 11) is 1.97. The van der Waals surface area contributed by atoms with Crippen LogP contribution in [0.25, 0.3) is 0 Å². The molecule has 0 aliphatic heterocycles. The Hall–Kier alpha value is -1.47. The highest BCUT2D eigenvalue weighted by molar-refractivity contribution is 7.09. The highest BCUT2D eigenvalue weighted by Gasteiger charge is 2.04. The molecule has 0 radical (unpaired) electrons. The van der Waals surface area contributed by atoms with Crippen LogP contribution in [0.4, 0.5) is 0 Å². The molecule has 3 N–H and O–H groups in total. The minimum absolute atomic E-state index is 1.04. The lowest BCUT2D eigenvalue weighted by Gasteiger charge is -1.95. The number of aliphatic carboxylic acids is 2. The number of thiazole rings is 1. The second kappa shape index (κ2) is 7.77. The van der Waals surface area contributed by atoms with Crippen LogP contribution in [0.2, 0.25) is 0 Å². The molecule has 0 unspecified atom stereocenters. The van der Waals surface area contributed by atoms with E-state index in [1.165, 1.54) is 10.6 Å². The van der Waals surface area contributed by atoms with Gasteiger partial charge in [0.15, 0.2) is 0 Å². The molecule has 0 amide bonds. The minimum atomic E-state index is -1.82. The Morgan fingerprint density at radius 1 is 1.44 bits per heavy atom. The number of carbonyl (C=O) groups is 2. The lowest BCUT2D eigenvalue weighted by molar-refractivity contribution is -0.159. The number of likely N-dealkylation sites (N-methyl/N-ethyl adjacent to an activating group) is 1. The van der Waals surface area contributed by atoms with Gasteiger partial charge in [-0.05, 0) is 26.9 Å². The van der Waals surface area contributed by atoms with Crippen molar-refractivity contribution in [1.82, 2.24) is 10.3 Å². The number of carboxylic acids is 2. The fourth-order valence-electron chi connectivity index (χ4n) is 0.805. The van der Waals surface area contributed by atoms with Crippen LogP contribution in [-0.2, 0) is 16.0 Å². The molecule has 1 aromatic heterocycles. The smallest absolute Gasteiger partial charge is 0.414 e. The molecule has 0 saturated heterocycles. The molecule has 0 spiro atoms. The molecule has 90 valence electrons. The maximum Gasteiger partial charge on any atom is 0.414 e. The van der Waals surface area contributed by atoms with Gasteiger partial charge < -0.3 is 15.5 Å². The Balaban J connectivity index is 0.000000325. The van der Waals surface area contributed by atoms with Gasteiger partial charge >= 0.3 is 11.9 Å². The Labute approximate surface area is 96.9 Å². The zero-order chi connectivity index (χ0) is 12.6. The predicted molar refractivity (Wildman–Crippen MR) is 59.8 cm³/mol. The number of nitrogens with one attached hydrogen (secondary N) is 1. The zero-order valence-corrected chi connectivity index (χ0v) is 9.87. The lowest BCUT2D eigenvalue weighted by atomic mass is 10.3. The molecule has 1 rings (SSSR count). The van der Waals surface area contributed by atoms with E-state index in [0.717, 1.165) is 13.0 Å². The van der Waals surface area contributed by atoms with Crippen LogP contribution in [0.3, 0.4) is 0 Å². The maximum absolute atomic E-state index is 9.10. The van der Waals surface area contributed by atoms with Crippen molar-refractivity contribution in [2.75, 3.05) is 13.6 Å². The average Bonchev–Trinajstić information content (AvgIpc) is 2.62. The van der Waals surface area contributed by atoms with Crippen molar-refractivity contribution in [2.24, 2.45) is 0 Å². The third kappa shape index (κ3) is 6.10. The van der Waals surface area contributed by atoms with Gasteiger partial charge in [0.25, 0.3) is 0 Å². The number of nitrogens with zero attached hydrogens (tertiary/aromatic N) is 1. The van der Waals surface area contributed by atoms with Gasteiger partial charge in [0.2, 0.25) is 0 Å². The van der Waals surface area contributed by atoms with Crippen molar-refractivity contribution in [1.29, 1.82) is 0 Å². The lowest BCUT2D eigenvalue weighted by Crippen LogP contribution is -2.09. The van der Waals surface area contributed by atoms with Gasteiger partial charge in [-0.25, -0.2) is 14.6 Å². The first kappa shape index (κ1) is 14.5. The Bertz CT molecular complexity index is 339. The van der Waals surface area contributed by atoms with Crippen LogP contribution in [0, 0.1) is 6.92 Å². The molecular formula is C9H14N2O4S. The number of carboxylic acid groups (broad SMARTS) is 2. The van der Waals surface area contributed by atoms with E-state index >= 15 is 0 Å². The van der Waals surface area contributed by atoms with E-state index in [1.807, 2.05) is 12.6 Å². The molecule has 6 nitrogen and oxygen atoms in total. The SMILES string of the molecule is CNCCc1scnc1C.O=C(O)C(=O)O. The van der Waals surface area contributed by atoms with Crippen molar-refractivity contribution >= 4 is 23.3 Å². The van der Waals surface area contributed by atoms with Crippen LogP contribution in [0.5, 0.6) is 0 Å². The molecule has 0 saturated carbocycles. The Morgan fingerprint density at radius 3 is 2.31 bits per heavy atom. The van der Waals surface area contributed by atoms with Crippen molar-refractivity contribution in [3.05, 3.63) is 16.1 Å². The minimum Gasteiger partial charge on any atom is -0.473 e. The summed E-state index contributed by atoms with van der Waals surface area (Å²) in [5.74, 6) is -3.65. The second-order valence-electron chi connectivity index (χ2n) is 2.82. The summed E-state index contributed by atoms with van der Waals surface area (Å²) in [6.07, 6.45) is 1.10. The number of rotatable bonds is 3. The first-order valence-electron chi connectivity index (χ1n) is 4.48. The van der Waals surface area contributed by atoms with Gasteiger partial charge in [-0.3, -0.25) is 0 Å². The van der Waals surface area contributed by atoms with E-state index in [2.05, 4.69) is 17.2 Å². The van der Waals surface area contributed by atoms with Crippen molar-refractivity contribution < 1.29 is 19.8 Å². The molecular weight excluding hydrogens is 232 g/mol. The third-order valence-corrected chi connectivity index (χ3v) is 2.62. The van der Waals surface area contributed by atoms with E-state index in [0.29, 0.717) is 0 Å². The molecule has 0 aromatic carbocycles. The summed E-state index contributed by atoms with van der Waals surface area (Å²) >= 11 is 1.74. The largest absolute Gasteiger partial charge is 0.473 e. The van der Waals surface area contributed by atoms with E-state index in [-0.39, 0.29) is 0 Å². The van der Waals surface area contributed by atoms with E-state index in [4.69, 9.17) is 19.8 Å². The van der Waals surface area contributed by atoms with E-state index in [9.17, 15) is 0 Å². The Kier molecular flexibility index (Phi) is 7.06.